The first-order valence-corrected chi connectivity index (χ1v) is 9.12. The molecule has 1 aliphatic heterocycles. The normalized spacial score (nSPS) is 20.7. The molecule has 0 radical (unpaired) electrons. The number of nitrogen functional groups attached to an aromatic ring is 1. The van der Waals surface area contributed by atoms with Crippen LogP contribution in [0.1, 0.15) is 49.3 Å². The van der Waals surface area contributed by atoms with Crippen LogP contribution in [0.15, 0.2) is 11.0 Å². The van der Waals surface area contributed by atoms with Crippen LogP contribution in [0.2, 0.25) is 0 Å². The molecule has 1 unspecified atom stereocenters. The van der Waals surface area contributed by atoms with Crippen molar-refractivity contribution in [3.8, 4) is 0 Å². The van der Waals surface area contributed by atoms with E-state index < -0.39 is 10.0 Å². The molecule has 0 spiro atoms. The monoisotopic (exact) mass is 310 g/mol. The molecule has 0 saturated carbocycles. The molecule has 5 heteroatoms. The maximum atomic E-state index is 13.1. The van der Waals surface area contributed by atoms with E-state index in [-0.39, 0.29) is 6.04 Å². The van der Waals surface area contributed by atoms with E-state index in [0.717, 1.165) is 36.8 Å². The average Bonchev–Trinajstić information content (AvgIpc) is 2.44. The molecule has 1 heterocycles. The highest BCUT2D eigenvalue weighted by atomic mass is 32.2. The molecule has 1 saturated heterocycles. The molecular formula is C16H26N2O2S. The van der Waals surface area contributed by atoms with E-state index in [2.05, 4.69) is 6.92 Å². The molecular weight excluding hydrogens is 284 g/mol. The van der Waals surface area contributed by atoms with E-state index in [1.165, 1.54) is 0 Å². The second-order valence-electron chi connectivity index (χ2n) is 6.05. The highest BCUT2D eigenvalue weighted by molar-refractivity contribution is 7.89. The van der Waals surface area contributed by atoms with Crippen molar-refractivity contribution in [1.82, 2.24) is 4.31 Å². The zero-order valence-electron chi connectivity index (χ0n) is 13.4. The third-order valence-electron chi connectivity index (χ3n) is 4.57. The van der Waals surface area contributed by atoms with Crippen LogP contribution in [0.5, 0.6) is 0 Å². The van der Waals surface area contributed by atoms with Crippen LogP contribution < -0.4 is 5.73 Å². The fourth-order valence-corrected chi connectivity index (χ4v) is 5.61. The van der Waals surface area contributed by atoms with Crippen molar-refractivity contribution in [3.63, 3.8) is 0 Å². The zero-order chi connectivity index (χ0) is 15.8. The van der Waals surface area contributed by atoms with Gasteiger partial charge in [0.25, 0.3) is 0 Å². The summed E-state index contributed by atoms with van der Waals surface area (Å²) in [5, 5.41) is 0. The summed E-state index contributed by atoms with van der Waals surface area (Å²) < 4.78 is 28.0. The van der Waals surface area contributed by atoms with Crippen molar-refractivity contribution in [2.45, 2.75) is 64.3 Å². The van der Waals surface area contributed by atoms with Crippen molar-refractivity contribution >= 4 is 15.7 Å². The molecule has 2 N–H and O–H groups in total. The summed E-state index contributed by atoms with van der Waals surface area (Å²) in [6, 6.07) is 1.99. The third kappa shape index (κ3) is 2.81. The number of benzene rings is 1. The molecule has 0 aliphatic carbocycles. The predicted molar refractivity (Wildman–Crippen MR) is 86.9 cm³/mol. The van der Waals surface area contributed by atoms with Gasteiger partial charge in [-0.2, -0.15) is 4.31 Å². The highest BCUT2D eigenvalue weighted by Gasteiger charge is 2.34. The second kappa shape index (κ2) is 5.97. The maximum Gasteiger partial charge on any atom is 0.243 e. The second-order valence-corrected chi connectivity index (χ2v) is 7.88. The molecule has 1 aromatic carbocycles. The van der Waals surface area contributed by atoms with Gasteiger partial charge < -0.3 is 5.73 Å². The molecule has 1 fully saturated rings. The summed E-state index contributed by atoms with van der Waals surface area (Å²) in [7, 11) is -3.47. The molecule has 1 aliphatic rings. The number of piperidine rings is 1. The van der Waals surface area contributed by atoms with Crippen molar-refractivity contribution in [2.24, 2.45) is 0 Å². The molecule has 0 amide bonds. The van der Waals surface area contributed by atoms with Crippen LogP contribution in [-0.4, -0.2) is 25.3 Å². The van der Waals surface area contributed by atoms with Crippen molar-refractivity contribution in [2.75, 3.05) is 12.3 Å². The van der Waals surface area contributed by atoms with Gasteiger partial charge in [0.15, 0.2) is 0 Å². The average molecular weight is 310 g/mol. The number of sulfonamides is 1. The first kappa shape index (κ1) is 16.3. The van der Waals surface area contributed by atoms with Crippen molar-refractivity contribution < 1.29 is 8.42 Å². The lowest BCUT2D eigenvalue weighted by Gasteiger charge is -2.35. The Morgan fingerprint density at radius 2 is 1.90 bits per heavy atom. The van der Waals surface area contributed by atoms with Gasteiger partial charge in [-0.15, -0.1) is 0 Å². The molecule has 118 valence electrons. The zero-order valence-corrected chi connectivity index (χ0v) is 14.3. The molecule has 1 aromatic rings. The minimum atomic E-state index is -3.47. The van der Waals surface area contributed by atoms with Gasteiger partial charge in [-0.05, 0) is 56.7 Å². The molecule has 0 aromatic heterocycles. The van der Waals surface area contributed by atoms with Crippen molar-refractivity contribution in [1.29, 1.82) is 0 Å². The topological polar surface area (TPSA) is 63.4 Å². The van der Waals surface area contributed by atoms with Crippen LogP contribution in [0.4, 0.5) is 5.69 Å². The highest BCUT2D eigenvalue weighted by Crippen LogP contribution is 2.33. The van der Waals surface area contributed by atoms with Crippen LogP contribution in [0, 0.1) is 20.8 Å². The summed E-state index contributed by atoms with van der Waals surface area (Å²) in [5.41, 5.74) is 9.07. The summed E-state index contributed by atoms with van der Waals surface area (Å²) in [6.45, 7) is 8.26. The lowest BCUT2D eigenvalue weighted by atomic mass is 10.0. The molecule has 21 heavy (non-hydrogen) atoms. The van der Waals surface area contributed by atoms with Crippen LogP contribution in [-0.2, 0) is 10.0 Å². The van der Waals surface area contributed by atoms with E-state index in [4.69, 9.17) is 5.73 Å². The molecule has 1 atom stereocenters. The molecule has 2 rings (SSSR count). The van der Waals surface area contributed by atoms with Gasteiger partial charge in [0, 0.05) is 18.3 Å². The van der Waals surface area contributed by atoms with Gasteiger partial charge >= 0.3 is 0 Å². The van der Waals surface area contributed by atoms with Gasteiger partial charge in [0.1, 0.15) is 0 Å². The Kier molecular flexibility index (Phi) is 4.63. The van der Waals surface area contributed by atoms with Crippen LogP contribution in [0.25, 0.3) is 0 Å². The van der Waals surface area contributed by atoms with Gasteiger partial charge in [-0.25, -0.2) is 8.42 Å². The number of aryl methyl sites for hydroxylation is 2. The number of rotatable bonds is 3. The lowest BCUT2D eigenvalue weighted by Crippen LogP contribution is -2.43. The van der Waals surface area contributed by atoms with Crippen LogP contribution >= 0.6 is 0 Å². The van der Waals surface area contributed by atoms with E-state index in [9.17, 15) is 8.42 Å². The Hall–Kier alpha value is -1.07. The van der Waals surface area contributed by atoms with Gasteiger partial charge in [0.2, 0.25) is 10.0 Å². The smallest absolute Gasteiger partial charge is 0.243 e. The maximum absolute atomic E-state index is 13.1. The Balaban J connectivity index is 2.56. The summed E-state index contributed by atoms with van der Waals surface area (Å²) >= 11 is 0. The predicted octanol–water partition coefficient (Wildman–Crippen LogP) is 3.15. The third-order valence-corrected chi connectivity index (χ3v) is 6.81. The Labute approximate surface area is 128 Å². The quantitative estimate of drug-likeness (QED) is 0.872. The SMILES string of the molecule is CCC1CCCCN1S(=O)(=O)c1c(C)cc(C)c(N)c1C. The Bertz CT molecular complexity index is 638. The van der Waals surface area contributed by atoms with Crippen LogP contribution in [0.3, 0.4) is 0 Å². The number of anilines is 1. The summed E-state index contributed by atoms with van der Waals surface area (Å²) in [5.74, 6) is 0. The Morgan fingerprint density at radius 3 is 2.52 bits per heavy atom. The van der Waals surface area contributed by atoms with E-state index in [1.807, 2.05) is 26.8 Å². The van der Waals surface area contributed by atoms with Gasteiger partial charge in [0.05, 0.1) is 4.90 Å². The number of hydrogen-bond donors (Lipinski definition) is 1. The number of hydrogen-bond acceptors (Lipinski definition) is 3. The van der Waals surface area contributed by atoms with Crippen molar-refractivity contribution in [3.05, 3.63) is 22.8 Å². The number of nitrogens with zero attached hydrogens (tertiary/aromatic N) is 1. The Morgan fingerprint density at radius 1 is 1.24 bits per heavy atom. The first-order chi connectivity index (χ1) is 9.80. The van der Waals surface area contributed by atoms with E-state index in [0.29, 0.717) is 22.7 Å². The fraction of sp³-hybridized carbons (Fsp3) is 0.625. The largest absolute Gasteiger partial charge is 0.398 e. The molecule has 0 bridgehead atoms. The number of nitrogens with two attached hydrogens (primary N) is 1. The van der Waals surface area contributed by atoms with E-state index >= 15 is 0 Å². The van der Waals surface area contributed by atoms with E-state index in [1.54, 1.807) is 4.31 Å². The minimum Gasteiger partial charge on any atom is -0.398 e. The minimum absolute atomic E-state index is 0.116. The standard InChI is InChI=1S/C16H26N2O2S/c1-5-14-8-6-7-9-18(14)21(19,20)16-12(3)10-11(2)15(17)13(16)4/h10,14H,5-9,17H2,1-4H3. The summed E-state index contributed by atoms with van der Waals surface area (Å²) in [6.07, 6.45) is 3.86. The first-order valence-electron chi connectivity index (χ1n) is 7.68. The molecule has 4 nitrogen and oxygen atoms in total. The lowest BCUT2D eigenvalue weighted by molar-refractivity contribution is 0.246. The van der Waals surface area contributed by atoms with Gasteiger partial charge in [-0.1, -0.05) is 19.4 Å². The fourth-order valence-electron chi connectivity index (χ4n) is 3.39. The van der Waals surface area contributed by atoms with Gasteiger partial charge in [-0.3, -0.25) is 0 Å². The summed E-state index contributed by atoms with van der Waals surface area (Å²) in [4.78, 5) is 0.408.